The maximum absolute atomic E-state index is 12.6. The Hall–Kier alpha value is -3.34. The monoisotopic (exact) mass is 593 g/mol. The van der Waals surface area contributed by atoms with Gasteiger partial charge in [0.15, 0.2) is 11.5 Å². The van der Waals surface area contributed by atoms with Crippen molar-refractivity contribution in [2.45, 2.75) is 105 Å². The van der Waals surface area contributed by atoms with Crippen molar-refractivity contribution >= 4 is 24.2 Å². The molecule has 1 saturated carbocycles. The standard InChI is InChI=1S/C31H47NO10/c1-20(40-25(33)22-11-9-8-10-12-22)16-31(32,26(34)35)17-21-13-14-23(41-27(36)38-18-29(2,3)4)24(15-21)42-28(37)39-19-30(5,6)7/h13-15,20,22H,8-12,16-19,32H2,1-7H3,(H,34,35)/t20-,31?/m0/s1. The van der Waals surface area contributed by atoms with Gasteiger partial charge in [-0.25, -0.2) is 9.59 Å². The van der Waals surface area contributed by atoms with Crippen LogP contribution in [0.4, 0.5) is 9.59 Å². The number of aliphatic carboxylic acids is 1. The number of hydrogen-bond acceptors (Lipinski definition) is 10. The number of hydrogen-bond donors (Lipinski definition) is 2. The van der Waals surface area contributed by atoms with Crippen molar-refractivity contribution in [1.29, 1.82) is 0 Å². The number of carbonyl (C=O) groups excluding carboxylic acids is 3. The number of esters is 1. The molecule has 1 aliphatic rings. The number of rotatable bonds is 11. The van der Waals surface area contributed by atoms with Crippen LogP contribution in [0.1, 0.15) is 92.6 Å². The van der Waals surface area contributed by atoms with Crippen molar-refractivity contribution < 1.29 is 48.0 Å². The second-order valence-electron chi connectivity index (χ2n) is 13.6. The summed E-state index contributed by atoms with van der Waals surface area (Å²) in [5, 5.41) is 10.0. The maximum atomic E-state index is 12.6. The molecule has 2 atom stereocenters. The number of carboxylic acid groups (broad SMARTS) is 1. The number of carbonyl (C=O) groups is 4. The quantitative estimate of drug-likeness (QED) is 0.175. The van der Waals surface area contributed by atoms with E-state index in [2.05, 4.69) is 0 Å². The molecule has 11 heteroatoms. The lowest BCUT2D eigenvalue weighted by molar-refractivity contribution is -0.158. The van der Waals surface area contributed by atoms with Crippen LogP contribution in [-0.2, 0) is 30.2 Å². The minimum Gasteiger partial charge on any atom is -0.480 e. The predicted octanol–water partition coefficient (Wildman–Crippen LogP) is 6.04. The summed E-state index contributed by atoms with van der Waals surface area (Å²) in [5.41, 5.74) is 4.28. The number of nitrogens with two attached hydrogens (primary N) is 1. The van der Waals surface area contributed by atoms with Gasteiger partial charge in [0.05, 0.1) is 19.1 Å². The molecule has 0 aliphatic heterocycles. The van der Waals surface area contributed by atoms with Crippen LogP contribution in [0.3, 0.4) is 0 Å². The fourth-order valence-corrected chi connectivity index (χ4v) is 4.40. The lowest BCUT2D eigenvalue weighted by atomic mass is 9.86. The van der Waals surface area contributed by atoms with Crippen LogP contribution in [0.5, 0.6) is 11.5 Å². The van der Waals surface area contributed by atoms with Gasteiger partial charge in [0.1, 0.15) is 11.6 Å². The van der Waals surface area contributed by atoms with E-state index >= 15 is 0 Å². The minimum atomic E-state index is -1.82. The molecule has 2 rings (SSSR count). The summed E-state index contributed by atoms with van der Waals surface area (Å²) in [6, 6.07) is 4.21. The summed E-state index contributed by atoms with van der Waals surface area (Å²) in [6.45, 7) is 13.0. The summed E-state index contributed by atoms with van der Waals surface area (Å²) in [4.78, 5) is 49.7. The van der Waals surface area contributed by atoms with Crippen molar-refractivity contribution in [3.63, 3.8) is 0 Å². The van der Waals surface area contributed by atoms with E-state index in [-0.39, 0.29) is 60.3 Å². The van der Waals surface area contributed by atoms with Gasteiger partial charge < -0.3 is 34.5 Å². The zero-order valence-electron chi connectivity index (χ0n) is 25.9. The smallest absolute Gasteiger partial charge is 0.480 e. The van der Waals surface area contributed by atoms with Crippen LogP contribution >= 0.6 is 0 Å². The van der Waals surface area contributed by atoms with E-state index in [0.717, 1.165) is 32.1 Å². The number of carboxylic acids is 1. The molecular weight excluding hydrogens is 546 g/mol. The molecule has 42 heavy (non-hydrogen) atoms. The van der Waals surface area contributed by atoms with Gasteiger partial charge in [0.2, 0.25) is 0 Å². The van der Waals surface area contributed by atoms with Gasteiger partial charge in [0.25, 0.3) is 0 Å². The Morgan fingerprint density at radius 2 is 1.40 bits per heavy atom. The van der Waals surface area contributed by atoms with Gasteiger partial charge in [0, 0.05) is 12.8 Å². The van der Waals surface area contributed by atoms with E-state index in [1.54, 1.807) is 6.92 Å². The average molecular weight is 594 g/mol. The Morgan fingerprint density at radius 1 is 0.881 bits per heavy atom. The van der Waals surface area contributed by atoms with Crippen LogP contribution in [0.2, 0.25) is 0 Å². The molecule has 1 fully saturated rings. The Morgan fingerprint density at radius 3 is 1.90 bits per heavy atom. The normalized spacial score (nSPS) is 16.5. The molecule has 1 aliphatic carbocycles. The molecule has 236 valence electrons. The summed E-state index contributed by atoms with van der Waals surface area (Å²) < 4.78 is 26.5. The van der Waals surface area contributed by atoms with Crippen molar-refractivity contribution in [2.24, 2.45) is 22.5 Å². The van der Waals surface area contributed by atoms with Crippen molar-refractivity contribution in [1.82, 2.24) is 0 Å². The Kier molecular flexibility index (Phi) is 12.2. The Bertz CT molecular complexity index is 1100. The average Bonchev–Trinajstić information content (AvgIpc) is 2.87. The fourth-order valence-electron chi connectivity index (χ4n) is 4.40. The van der Waals surface area contributed by atoms with Gasteiger partial charge in [-0.05, 0) is 48.3 Å². The first-order valence-corrected chi connectivity index (χ1v) is 14.4. The van der Waals surface area contributed by atoms with Gasteiger partial charge in [-0.3, -0.25) is 9.59 Å². The summed E-state index contributed by atoms with van der Waals surface area (Å²) in [7, 11) is 0. The molecule has 0 heterocycles. The maximum Gasteiger partial charge on any atom is 0.513 e. The molecule has 0 radical (unpaired) electrons. The van der Waals surface area contributed by atoms with Gasteiger partial charge in [-0.1, -0.05) is 66.9 Å². The third-order valence-corrected chi connectivity index (χ3v) is 6.49. The summed E-state index contributed by atoms with van der Waals surface area (Å²) >= 11 is 0. The van der Waals surface area contributed by atoms with Crippen LogP contribution in [0.25, 0.3) is 0 Å². The minimum absolute atomic E-state index is 0.0672. The van der Waals surface area contributed by atoms with Crippen molar-refractivity contribution in [2.75, 3.05) is 13.2 Å². The van der Waals surface area contributed by atoms with Gasteiger partial charge >= 0.3 is 24.2 Å². The Labute approximate surface area is 248 Å². The fraction of sp³-hybridized carbons (Fsp3) is 0.677. The lowest BCUT2D eigenvalue weighted by Gasteiger charge is -2.29. The third kappa shape index (κ3) is 12.3. The highest BCUT2D eigenvalue weighted by molar-refractivity contribution is 5.79. The molecule has 1 unspecified atom stereocenters. The largest absolute Gasteiger partial charge is 0.513 e. The molecule has 0 bridgehead atoms. The van der Waals surface area contributed by atoms with E-state index < -0.39 is 29.9 Å². The first kappa shape index (κ1) is 34.9. The van der Waals surface area contributed by atoms with Gasteiger partial charge in [-0.15, -0.1) is 0 Å². The molecular formula is C31H47NO10. The highest BCUT2D eigenvalue weighted by Crippen LogP contribution is 2.32. The van der Waals surface area contributed by atoms with Crippen molar-refractivity contribution in [3.8, 4) is 11.5 Å². The lowest BCUT2D eigenvalue weighted by Crippen LogP contribution is -2.52. The Balaban J connectivity index is 2.23. The van der Waals surface area contributed by atoms with Crippen LogP contribution in [-0.4, -0.2) is 54.2 Å². The van der Waals surface area contributed by atoms with E-state index in [1.165, 1.54) is 18.2 Å². The zero-order valence-corrected chi connectivity index (χ0v) is 25.9. The summed E-state index contributed by atoms with van der Waals surface area (Å²) in [6.07, 6.45) is 1.41. The second-order valence-corrected chi connectivity index (χ2v) is 13.6. The van der Waals surface area contributed by atoms with E-state index in [0.29, 0.717) is 5.56 Å². The number of benzene rings is 1. The number of ether oxygens (including phenoxy) is 5. The van der Waals surface area contributed by atoms with E-state index in [4.69, 9.17) is 29.4 Å². The van der Waals surface area contributed by atoms with Crippen LogP contribution in [0, 0.1) is 16.7 Å². The zero-order chi connectivity index (χ0) is 31.7. The molecule has 3 N–H and O–H groups in total. The van der Waals surface area contributed by atoms with E-state index in [9.17, 15) is 24.3 Å². The first-order chi connectivity index (χ1) is 19.4. The molecule has 0 saturated heterocycles. The molecule has 1 aromatic carbocycles. The SMILES string of the molecule is C[C@@H](CC(N)(Cc1ccc(OC(=O)OCC(C)(C)C)c(OC(=O)OCC(C)(C)C)c1)C(=O)O)OC(=O)C1CCCCC1. The van der Waals surface area contributed by atoms with Crippen LogP contribution in [0.15, 0.2) is 18.2 Å². The molecule has 0 amide bonds. The third-order valence-electron chi connectivity index (χ3n) is 6.49. The molecule has 11 nitrogen and oxygen atoms in total. The highest BCUT2D eigenvalue weighted by Gasteiger charge is 2.38. The van der Waals surface area contributed by atoms with Gasteiger partial charge in [-0.2, -0.15) is 0 Å². The highest BCUT2D eigenvalue weighted by atomic mass is 16.7. The van der Waals surface area contributed by atoms with E-state index in [1.807, 2.05) is 41.5 Å². The first-order valence-electron chi connectivity index (χ1n) is 14.4. The predicted molar refractivity (Wildman–Crippen MR) is 154 cm³/mol. The molecule has 0 spiro atoms. The summed E-state index contributed by atoms with van der Waals surface area (Å²) in [5.74, 6) is -2.11. The molecule has 0 aromatic heterocycles. The second kappa shape index (κ2) is 14.7. The topological polar surface area (TPSA) is 161 Å². The van der Waals surface area contributed by atoms with Crippen molar-refractivity contribution in [3.05, 3.63) is 23.8 Å². The van der Waals surface area contributed by atoms with Crippen LogP contribution < -0.4 is 15.2 Å². The molecule has 1 aromatic rings.